The van der Waals surface area contributed by atoms with Crippen molar-refractivity contribution in [2.24, 2.45) is 5.92 Å². The number of imidazole rings is 1. The van der Waals surface area contributed by atoms with Gasteiger partial charge in [0.1, 0.15) is 5.82 Å². The van der Waals surface area contributed by atoms with Crippen molar-refractivity contribution in [1.82, 2.24) is 14.5 Å². The van der Waals surface area contributed by atoms with Gasteiger partial charge in [0.15, 0.2) is 0 Å². The molecule has 0 spiro atoms. The maximum atomic E-state index is 11.4. The number of piperidine rings is 1. The lowest BCUT2D eigenvalue weighted by atomic mass is 9.97. The highest BCUT2D eigenvalue weighted by atomic mass is 35.5. The van der Waals surface area contributed by atoms with E-state index in [-0.39, 0.29) is 5.92 Å². The Balaban J connectivity index is 1.70. The quantitative estimate of drug-likeness (QED) is 0.442. The molecule has 1 saturated heterocycles. The third-order valence-corrected chi connectivity index (χ3v) is 6.67. The monoisotopic (exact) mass is 454 g/mol. The van der Waals surface area contributed by atoms with Crippen LogP contribution in [-0.4, -0.2) is 38.7 Å². The summed E-state index contributed by atoms with van der Waals surface area (Å²) in [5.41, 5.74) is 3.54. The highest BCUT2D eigenvalue weighted by Crippen LogP contribution is 2.35. The van der Waals surface area contributed by atoms with Crippen molar-refractivity contribution in [3.63, 3.8) is 0 Å². The number of nitrogens with zero attached hydrogens (tertiary/aromatic N) is 4. The first-order chi connectivity index (χ1) is 14.9. The molecule has 0 aliphatic carbocycles. The molecule has 0 unspecified atom stereocenters. The van der Waals surface area contributed by atoms with Crippen LogP contribution in [0.2, 0.25) is 10.0 Å². The first-order valence-electron chi connectivity index (χ1n) is 10.1. The Bertz CT molecular complexity index is 1330. The number of pyridine rings is 1. The lowest BCUT2D eigenvalue weighted by Gasteiger charge is -2.31. The van der Waals surface area contributed by atoms with E-state index in [4.69, 9.17) is 33.2 Å². The van der Waals surface area contributed by atoms with Gasteiger partial charge in [-0.15, -0.1) is 0 Å². The van der Waals surface area contributed by atoms with E-state index in [1.807, 2.05) is 34.9 Å². The highest BCUT2D eigenvalue weighted by molar-refractivity contribution is 6.42. The van der Waals surface area contributed by atoms with Crippen LogP contribution in [0.15, 0.2) is 42.5 Å². The minimum absolute atomic E-state index is 0.320. The van der Waals surface area contributed by atoms with Crippen molar-refractivity contribution in [3.8, 4) is 5.82 Å². The van der Waals surface area contributed by atoms with Gasteiger partial charge in [-0.05, 0) is 49.6 Å². The largest absolute Gasteiger partial charge is 0.481 e. The van der Waals surface area contributed by atoms with Gasteiger partial charge >= 0.3 is 5.97 Å². The van der Waals surface area contributed by atoms with E-state index in [2.05, 4.69) is 17.9 Å². The molecule has 31 heavy (non-hydrogen) atoms. The van der Waals surface area contributed by atoms with Crippen LogP contribution in [0.25, 0.3) is 27.8 Å². The van der Waals surface area contributed by atoms with E-state index in [1.54, 1.807) is 6.07 Å². The molecule has 8 heteroatoms. The number of halogens is 2. The zero-order valence-corrected chi connectivity index (χ0v) is 18.4. The number of hydrogen-bond acceptors (Lipinski definition) is 4. The van der Waals surface area contributed by atoms with Gasteiger partial charge in [0.25, 0.3) is 0 Å². The number of aryl methyl sites for hydroxylation is 1. The Morgan fingerprint density at radius 2 is 1.74 bits per heavy atom. The second-order valence-electron chi connectivity index (χ2n) is 7.92. The summed E-state index contributed by atoms with van der Waals surface area (Å²) >= 11 is 12.6. The number of aliphatic carboxylic acids is 1. The molecular weight excluding hydrogens is 435 g/mol. The Labute approximate surface area is 189 Å². The number of aromatic nitrogens is 3. The zero-order chi connectivity index (χ0) is 21.7. The molecule has 1 aliphatic heterocycles. The van der Waals surface area contributed by atoms with Crippen molar-refractivity contribution in [1.29, 1.82) is 0 Å². The van der Waals surface area contributed by atoms with Crippen LogP contribution < -0.4 is 4.90 Å². The molecule has 158 valence electrons. The minimum Gasteiger partial charge on any atom is -0.481 e. The van der Waals surface area contributed by atoms with Gasteiger partial charge in [0, 0.05) is 18.5 Å². The molecule has 0 saturated carbocycles. The first-order valence-corrected chi connectivity index (χ1v) is 10.9. The van der Waals surface area contributed by atoms with Gasteiger partial charge in [-0.1, -0.05) is 41.4 Å². The molecule has 3 heterocycles. The fraction of sp³-hybridized carbons (Fsp3) is 0.261. The Hall–Kier alpha value is -2.83. The standard InChI is InChI=1S/C23H20Cl2N4O2/c1-13-10-21(26-18-5-3-2-4-15(13)18)29-20-12-17(25)16(24)11-19(20)27-23(29)28-8-6-14(7-9-28)22(30)31/h2-5,10-12,14H,6-9H2,1H3,(H,30,31). The molecule has 4 aromatic rings. The summed E-state index contributed by atoms with van der Waals surface area (Å²) in [5.74, 6) is 0.407. The van der Waals surface area contributed by atoms with Crippen molar-refractivity contribution in [2.75, 3.05) is 18.0 Å². The van der Waals surface area contributed by atoms with Gasteiger partial charge < -0.3 is 10.0 Å². The number of carboxylic acids is 1. The number of hydrogen-bond donors (Lipinski definition) is 1. The van der Waals surface area contributed by atoms with Crippen molar-refractivity contribution < 1.29 is 9.90 Å². The number of carboxylic acid groups (broad SMARTS) is 1. The predicted octanol–water partition coefficient (Wildman–Crippen LogP) is 5.49. The van der Waals surface area contributed by atoms with Crippen LogP contribution in [0.1, 0.15) is 18.4 Å². The van der Waals surface area contributed by atoms with Crippen molar-refractivity contribution >= 4 is 57.1 Å². The van der Waals surface area contributed by atoms with Gasteiger partial charge in [-0.25, -0.2) is 9.97 Å². The van der Waals surface area contributed by atoms with Crippen LogP contribution in [0.5, 0.6) is 0 Å². The highest BCUT2D eigenvalue weighted by Gasteiger charge is 2.28. The van der Waals surface area contributed by atoms with E-state index in [0.717, 1.165) is 39.3 Å². The van der Waals surface area contributed by atoms with Crippen LogP contribution in [-0.2, 0) is 4.79 Å². The molecule has 0 amide bonds. The summed E-state index contributed by atoms with van der Waals surface area (Å²) in [5, 5.41) is 11.3. The topological polar surface area (TPSA) is 71.2 Å². The average molecular weight is 455 g/mol. The SMILES string of the molecule is Cc1cc(-n2c(N3CCC(C(=O)O)CC3)nc3cc(Cl)c(Cl)cc32)nc2ccccc12. The number of fused-ring (bicyclic) bond motifs is 2. The lowest BCUT2D eigenvalue weighted by Crippen LogP contribution is -2.37. The third-order valence-electron chi connectivity index (χ3n) is 5.94. The Kier molecular flexibility index (Phi) is 4.99. The first kappa shape index (κ1) is 20.1. The fourth-order valence-corrected chi connectivity index (χ4v) is 4.59. The zero-order valence-electron chi connectivity index (χ0n) is 16.8. The smallest absolute Gasteiger partial charge is 0.306 e. The molecule has 2 aromatic carbocycles. The van der Waals surface area contributed by atoms with Crippen LogP contribution in [0.4, 0.5) is 5.95 Å². The molecule has 0 radical (unpaired) electrons. The van der Waals surface area contributed by atoms with Gasteiger partial charge in [0.2, 0.25) is 5.95 Å². The molecule has 6 nitrogen and oxygen atoms in total. The summed E-state index contributed by atoms with van der Waals surface area (Å²) in [4.78, 5) is 23.3. The number of anilines is 1. The van der Waals surface area contributed by atoms with Gasteiger partial charge in [-0.2, -0.15) is 0 Å². The second-order valence-corrected chi connectivity index (χ2v) is 8.73. The average Bonchev–Trinajstić information content (AvgIpc) is 3.12. The molecule has 5 rings (SSSR count). The predicted molar refractivity (Wildman–Crippen MR) is 124 cm³/mol. The molecular formula is C23H20Cl2N4O2. The molecule has 1 N–H and O–H groups in total. The van der Waals surface area contributed by atoms with E-state index in [1.165, 1.54) is 0 Å². The molecule has 0 atom stereocenters. The number of benzene rings is 2. The number of para-hydroxylation sites is 1. The van der Waals surface area contributed by atoms with Crippen molar-refractivity contribution in [3.05, 3.63) is 58.1 Å². The van der Waals surface area contributed by atoms with E-state index in [9.17, 15) is 9.90 Å². The summed E-state index contributed by atoms with van der Waals surface area (Å²) in [7, 11) is 0. The summed E-state index contributed by atoms with van der Waals surface area (Å²) in [6, 6.07) is 13.6. The van der Waals surface area contributed by atoms with E-state index >= 15 is 0 Å². The van der Waals surface area contributed by atoms with Crippen molar-refractivity contribution in [2.45, 2.75) is 19.8 Å². The third kappa shape index (κ3) is 3.50. The Morgan fingerprint density at radius 1 is 1.03 bits per heavy atom. The van der Waals surface area contributed by atoms with Gasteiger partial charge in [0.05, 0.1) is 32.5 Å². The van der Waals surface area contributed by atoms with Crippen LogP contribution >= 0.6 is 23.2 Å². The molecule has 1 fully saturated rings. The normalized spacial score (nSPS) is 15.1. The van der Waals surface area contributed by atoms with Crippen LogP contribution in [0.3, 0.4) is 0 Å². The van der Waals surface area contributed by atoms with Gasteiger partial charge in [-0.3, -0.25) is 9.36 Å². The second kappa shape index (κ2) is 7.70. The molecule has 2 aromatic heterocycles. The summed E-state index contributed by atoms with van der Waals surface area (Å²) in [6.07, 6.45) is 1.15. The summed E-state index contributed by atoms with van der Waals surface area (Å²) < 4.78 is 2.00. The summed E-state index contributed by atoms with van der Waals surface area (Å²) in [6.45, 7) is 3.27. The molecule has 1 aliphatic rings. The van der Waals surface area contributed by atoms with Crippen LogP contribution in [0, 0.1) is 12.8 Å². The fourth-order valence-electron chi connectivity index (χ4n) is 4.27. The maximum Gasteiger partial charge on any atom is 0.306 e. The lowest BCUT2D eigenvalue weighted by molar-refractivity contribution is -0.142. The maximum absolute atomic E-state index is 11.4. The number of rotatable bonds is 3. The number of carbonyl (C=O) groups is 1. The Morgan fingerprint density at radius 3 is 2.48 bits per heavy atom. The minimum atomic E-state index is -0.737. The van der Waals surface area contributed by atoms with E-state index in [0.29, 0.717) is 36.0 Å². The molecule has 0 bridgehead atoms. The van der Waals surface area contributed by atoms with E-state index < -0.39 is 5.97 Å².